The maximum absolute atomic E-state index is 2.38. The van der Waals surface area contributed by atoms with Gasteiger partial charge in [-0.2, -0.15) is 0 Å². The van der Waals surface area contributed by atoms with E-state index in [4.69, 9.17) is 0 Å². The van der Waals surface area contributed by atoms with Crippen molar-refractivity contribution in [2.75, 3.05) is 0 Å². The van der Waals surface area contributed by atoms with Crippen molar-refractivity contribution >= 4 is 21.5 Å². The molecule has 0 radical (unpaired) electrons. The van der Waals surface area contributed by atoms with Gasteiger partial charge in [0.1, 0.15) is 0 Å². The molecular formula is C21H24. The van der Waals surface area contributed by atoms with E-state index in [9.17, 15) is 0 Å². The molecule has 0 saturated carbocycles. The second-order valence-corrected chi connectivity index (χ2v) is 6.44. The van der Waals surface area contributed by atoms with Crippen LogP contribution in [-0.2, 0) is 6.42 Å². The Morgan fingerprint density at radius 2 is 1.33 bits per heavy atom. The van der Waals surface area contributed by atoms with Gasteiger partial charge < -0.3 is 0 Å². The molecule has 0 unspecified atom stereocenters. The van der Waals surface area contributed by atoms with Crippen molar-refractivity contribution in [3.05, 3.63) is 58.7 Å². The van der Waals surface area contributed by atoms with Gasteiger partial charge in [-0.1, -0.05) is 57.2 Å². The van der Waals surface area contributed by atoms with Crippen molar-refractivity contribution in [2.45, 2.75) is 47.0 Å². The van der Waals surface area contributed by atoms with Gasteiger partial charge in [-0.25, -0.2) is 0 Å². The average molecular weight is 276 g/mol. The summed E-state index contributed by atoms with van der Waals surface area (Å²) in [6.45, 7) is 11.3. The third-order valence-corrected chi connectivity index (χ3v) is 4.82. The molecule has 0 N–H and O–H groups in total. The Balaban J connectivity index is 2.43. The standard InChI is InChI=1S/C21H24/c1-6-16-7-9-18-15(5)21-12-17(13(2)3)8-10-19(21)14(4)20(18)11-16/h7-13H,6H2,1-5H3. The molecular weight excluding hydrogens is 252 g/mol. The van der Waals surface area contributed by atoms with Crippen molar-refractivity contribution in [3.8, 4) is 0 Å². The van der Waals surface area contributed by atoms with Gasteiger partial charge in [-0.15, -0.1) is 0 Å². The third-order valence-electron chi connectivity index (χ3n) is 4.82. The smallest absolute Gasteiger partial charge is 0.0143 e. The topological polar surface area (TPSA) is 0 Å². The molecule has 0 aromatic heterocycles. The van der Waals surface area contributed by atoms with Crippen LogP contribution in [0.5, 0.6) is 0 Å². The lowest BCUT2D eigenvalue weighted by Gasteiger charge is -2.15. The number of hydrogen-bond acceptors (Lipinski definition) is 0. The number of rotatable bonds is 2. The zero-order valence-electron chi connectivity index (χ0n) is 13.7. The number of hydrogen-bond donors (Lipinski definition) is 0. The van der Waals surface area contributed by atoms with Crippen LogP contribution < -0.4 is 0 Å². The Bertz CT molecular complexity index is 822. The maximum Gasteiger partial charge on any atom is -0.0143 e. The highest BCUT2D eigenvalue weighted by Gasteiger charge is 2.10. The Kier molecular flexibility index (Phi) is 3.49. The first-order chi connectivity index (χ1) is 10.0. The Morgan fingerprint density at radius 3 is 1.90 bits per heavy atom. The van der Waals surface area contributed by atoms with Gasteiger partial charge in [0, 0.05) is 0 Å². The van der Waals surface area contributed by atoms with E-state index in [1.165, 1.54) is 43.8 Å². The fraction of sp³-hybridized carbons (Fsp3) is 0.333. The predicted octanol–water partition coefficient (Wildman–Crippen LogP) is 6.30. The van der Waals surface area contributed by atoms with E-state index in [1.54, 1.807) is 0 Å². The summed E-state index contributed by atoms with van der Waals surface area (Å²) in [4.78, 5) is 0. The molecule has 0 atom stereocenters. The molecule has 0 aliphatic rings. The van der Waals surface area contributed by atoms with Gasteiger partial charge in [0.2, 0.25) is 0 Å². The highest BCUT2D eigenvalue weighted by atomic mass is 14.1. The molecule has 0 aliphatic heterocycles. The minimum Gasteiger partial charge on any atom is -0.0613 e. The number of benzene rings is 3. The van der Waals surface area contributed by atoms with Crippen molar-refractivity contribution in [1.29, 1.82) is 0 Å². The zero-order valence-corrected chi connectivity index (χ0v) is 13.7. The monoisotopic (exact) mass is 276 g/mol. The second kappa shape index (κ2) is 5.18. The van der Waals surface area contributed by atoms with Crippen molar-refractivity contribution in [2.24, 2.45) is 0 Å². The molecule has 3 aromatic rings. The van der Waals surface area contributed by atoms with Gasteiger partial charge in [0.15, 0.2) is 0 Å². The Labute approximate surface area is 127 Å². The molecule has 0 fully saturated rings. The summed E-state index contributed by atoms with van der Waals surface area (Å²) in [5, 5.41) is 5.63. The highest BCUT2D eigenvalue weighted by Crippen LogP contribution is 2.34. The lowest BCUT2D eigenvalue weighted by Crippen LogP contribution is -1.93. The third kappa shape index (κ3) is 2.23. The van der Waals surface area contributed by atoms with Gasteiger partial charge in [0.25, 0.3) is 0 Å². The first-order valence-electron chi connectivity index (χ1n) is 7.98. The molecule has 0 aliphatic carbocycles. The van der Waals surface area contributed by atoms with Crippen LogP contribution in [0.25, 0.3) is 21.5 Å². The van der Waals surface area contributed by atoms with Crippen molar-refractivity contribution in [1.82, 2.24) is 0 Å². The van der Waals surface area contributed by atoms with Gasteiger partial charge in [-0.3, -0.25) is 0 Å². The average Bonchev–Trinajstić information content (AvgIpc) is 2.51. The Hall–Kier alpha value is -1.82. The fourth-order valence-corrected chi connectivity index (χ4v) is 3.30. The molecule has 0 nitrogen and oxygen atoms in total. The molecule has 0 bridgehead atoms. The van der Waals surface area contributed by atoms with Crippen LogP contribution in [0.2, 0.25) is 0 Å². The van der Waals surface area contributed by atoms with Gasteiger partial charge in [-0.05, 0) is 70.0 Å². The molecule has 3 rings (SSSR count). The fourth-order valence-electron chi connectivity index (χ4n) is 3.30. The van der Waals surface area contributed by atoms with E-state index in [0.717, 1.165) is 6.42 Å². The minimum atomic E-state index is 0.576. The van der Waals surface area contributed by atoms with E-state index in [0.29, 0.717) is 5.92 Å². The molecule has 0 heterocycles. The lowest BCUT2D eigenvalue weighted by atomic mass is 9.89. The Morgan fingerprint density at radius 1 is 0.762 bits per heavy atom. The summed E-state index contributed by atoms with van der Waals surface area (Å²) >= 11 is 0. The van der Waals surface area contributed by atoms with E-state index < -0.39 is 0 Å². The van der Waals surface area contributed by atoms with Crippen LogP contribution in [-0.4, -0.2) is 0 Å². The largest absolute Gasteiger partial charge is 0.0613 e. The normalized spacial score (nSPS) is 11.7. The van der Waals surface area contributed by atoms with E-state index >= 15 is 0 Å². The van der Waals surface area contributed by atoms with Crippen LogP contribution >= 0.6 is 0 Å². The van der Waals surface area contributed by atoms with E-state index in [1.807, 2.05) is 0 Å². The molecule has 0 heteroatoms. The summed E-state index contributed by atoms with van der Waals surface area (Å²) in [6.07, 6.45) is 1.10. The summed E-state index contributed by atoms with van der Waals surface area (Å²) in [5.74, 6) is 0.576. The lowest BCUT2D eigenvalue weighted by molar-refractivity contribution is 0.868. The van der Waals surface area contributed by atoms with E-state index in [-0.39, 0.29) is 0 Å². The predicted molar refractivity (Wildman–Crippen MR) is 94.4 cm³/mol. The SMILES string of the molecule is CCc1ccc2c(C)c3cc(C(C)C)ccc3c(C)c2c1. The molecule has 0 amide bonds. The van der Waals surface area contributed by atoms with Crippen LogP contribution in [0.3, 0.4) is 0 Å². The number of aryl methyl sites for hydroxylation is 3. The van der Waals surface area contributed by atoms with Gasteiger partial charge in [0.05, 0.1) is 0 Å². The first kappa shape index (κ1) is 14.1. The summed E-state index contributed by atoms with van der Waals surface area (Å²) in [6, 6.07) is 13.9. The summed E-state index contributed by atoms with van der Waals surface area (Å²) in [7, 11) is 0. The van der Waals surface area contributed by atoms with Crippen molar-refractivity contribution < 1.29 is 0 Å². The van der Waals surface area contributed by atoms with E-state index in [2.05, 4.69) is 71.0 Å². The minimum absolute atomic E-state index is 0.576. The van der Waals surface area contributed by atoms with Crippen LogP contribution in [0.15, 0.2) is 36.4 Å². The molecule has 3 aromatic carbocycles. The second-order valence-electron chi connectivity index (χ2n) is 6.44. The molecule has 108 valence electrons. The maximum atomic E-state index is 2.38. The summed E-state index contributed by atoms with van der Waals surface area (Å²) in [5.41, 5.74) is 5.67. The molecule has 21 heavy (non-hydrogen) atoms. The summed E-state index contributed by atoms with van der Waals surface area (Å²) < 4.78 is 0. The van der Waals surface area contributed by atoms with Crippen LogP contribution in [0, 0.1) is 13.8 Å². The highest BCUT2D eigenvalue weighted by molar-refractivity contribution is 6.05. The molecule has 0 saturated heterocycles. The van der Waals surface area contributed by atoms with Crippen LogP contribution in [0.4, 0.5) is 0 Å². The van der Waals surface area contributed by atoms with Crippen molar-refractivity contribution in [3.63, 3.8) is 0 Å². The molecule has 0 spiro atoms. The first-order valence-corrected chi connectivity index (χ1v) is 7.98. The van der Waals surface area contributed by atoms with Gasteiger partial charge >= 0.3 is 0 Å². The number of fused-ring (bicyclic) bond motifs is 2. The quantitative estimate of drug-likeness (QED) is 0.482. The van der Waals surface area contributed by atoms with Crippen LogP contribution in [0.1, 0.15) is 48.9 Å². The zero-order chi connectivity index (χ0) is 15.1.